The molecule has 2 aromatic rings. The second-order valence-corrected chi connectivity index (χ2v) is 8.61. The molecule has 0 aliphatic heterocycles. The maximum Gasteiger partial charge on any atom is 0.241 e. The summed E-state index contributed by atoms with van der Waals surface area (Å²) < 4.78 is 39.7. The highest BCUT2D eigenvalue weighted by Crippen LogP contribution is 2.43. The van der Waals surface area contributed by atoms with E-state index in [0.29, 0.717) is 22.1 Å². The van der Waals surface area contributed by atoms with E-state index >= 15 is 0 Å². The van der Waals surface area contributed by atoms with E-state index in [-0.39, 0.29) is 4.90 Å². The molecule has 1 aliphatic rings. The lowest BCUT2D eigenvalue weighted by molar-refractivity contribution is 0.224. The summed E-state index contributed by atoms with van der Waals surface area (Å²) in [6.45, 7) is 1.74. The van der Waals surface area contributed by atoms with Gasteiger partial charge in [-0.3, -0.25) is 0 Å². The summed E-state index contributed by atoms with van der Waals surface area (Å²) in [7, 11) is -0.738. The Bertz CT molecular complexity index is 906. The van der Waals surface area contributed by atoms with Crippen molar-refractivity contribution >= 4 is 21.6 Å². The summed E-state index contributed by atoms with van der Waals surface area (Å²) in [6, 6.07) is 10.5. The van der Waals surface area contributed by atoms with Crippen LogP contribution in [0.4, 0.5) is 0 Å². The highest BCUT2D eigenvalue weighted by atomic mass is 35.5. The van der Waals surface area contributed by atoms with Gasteiger partial charge in [0.25, 0.3) is 0 Å². The fraction of sp³-hybridized carbons (Fsp3) is 0.368. The number of aryl methyl sites for hydroxylation is 1. The number of methoxy groups -OCH3 is 2. The molecule has 0 heterocycles. The van der Waals surface area contributed by atoms with Gasteiger partial charge in [-0.15, -0.1) is 0 Å². The topological polar surface area (TPSA) is 64.6 Å². The zero-order chi connectivity index (χ0) is 18.9. The average molecular weight is 396 g/mol. The van der Waals surface area contributed by atoms with Gasteiger partial charge in [-0.2, -0.15) is 0 Å². The molecule has 1 aliphatic carbocycles. The van der Waals surface area contributed by atoms with Crippen molar-refractivity contribution in [2.75, 3.05) is 14.2 Å². The van der Waals surface area contributed by atoms with Crippen LogP contribution in [-0.4, -0.2) is 22.6 Å². The van der Waals surface area contributed by atoms with Crippen LogP contribution in [-0.2, 0) is 15.6 Å². The van der Waals surface area contributed by atoms with Gasteiger partial charge >= 0.3 is 0 Å². The third-order valence-electron chi connectivity index (χ3n) is 4.90. The van der Waals surface area contributed by atoms with E-state index < -0.39 is 15.6 Å². The van der Waals surface area contributed by atoms with Gasteiger partial charge in [0.1, 0.15) is 0 Å². The van der Waals surface area contributed by atoms with Crippen molar-refractivity contribution in [2.24, 2.45) is 0 Å². The third kappa shape index (κ3) is 3.41. The van der Waals surface area contributed by atoms with E-state index in [0.717, 1.165) is 24.8 Å². The van der Waals surface area contributed by atoms with E-state index in [2.05, 4.69) is 4.72 Å². The minimum absolute atomic E-state index is 0.190. The first-order valence-electron chi connectivity index (χ1n) is 8.34. The highest BCUT2D eigenvalue weighted by molar-refractivity contribution is 7.89. The van der Waals surface area contributed by atoms with E-state index in [9.17, 15) is 8.42 Å². The Labute approximate surface area is 159 Å². The normalized spacial score (nSPS) is 16.0. The molecule has 7 heteroatoms. The van der Waals surface area contributed by atoms with Crippen LogP contribution >= 0.6 is 11.6 Å². The van der Waals surface area contributed by atoms with Crippen molar-refractivity contribution in [1.82, 2.24) is 4.72 Å². The molecule has 1 fully saturated rings. The summed E-state index contributed by atoms with van der Waals surface area (Å²) in [5, 5.41) is 0.627. The lowest BCUT2D eigenvalue weighted by Gasteiger charge is -2.42. The van der Waals surface area contributed by atoms with E-state index in [1.54, 1.807) is 25.1 Å². The van der Waals surface area contributed by atoms with Crippen molar-refractivity contribution in [2.45, 2.75) is 36.6 Å². The molecule has 1 N–H and O–H groups in total. The predicted molar refractivity (Wildman–Crippen MR) is 102 cm³/mol. The monoisotopic (exact) mass is 395 g/mol. The molecule has 0 atom stereocenters. The molecule has 3 rings (SSSR count). The first-order chi connectivity index (χ1) is 12.3. The van der Waals surface area contributed by atoms with Gasteiger partial charge in [-0.05, 0) is 55.5 Å². The van der Waals surface area contributed by atoms with Crippen molar-refractivity contribution < 1.29 is 17.9 Å². The van der Waals surface area contributed by atoms with Crippen molar-refractivity contribution in [3.63, 3.8) is 0 Å². The number of nitrogens with one attached hydrogen (secondary N) is 1. The zero-order valence-electron chi connectivity index (χ0n) is 15.0. The smallest absolute Gasteiger partial charge is 0.241 e. The van der Waals surface area contributed by atoms with Crippen LogP contribution in [0.2, 0.25) is 5.02 Å². The fourth-order valence-corrected chi connectivity index (χ4v) is 5.13. The quantitative estimate of drug-likeness (QED) is 0.802. The largest absolute Gasteiger partial charge is 0.493 e. The zero-order valence-corrected chi connectivity index (χ0v) is 16.6. The standard InChI is InChI=1S/C19H22ClNO4S/c1-13-11-16(24-2)17(25-3)12-18(13)26(22,23)21-19(9-4-10-19)14-5-7-15(20)8-6-14/h5-8,11-12,21H,4,9-10H2,1-3H3. The van der Waals surface area contributed by atoms with E-state index in [4.69, 9.17) is 21.1 Å². The molecule has 0 unspecified atom stereocenters. The second-order valence-electron chi connectivity index (χ2n) is 6.52. The third-order valence-corrected chi connectivity index (χ3v) is 6.83. The summed E-state index contributed by atoms with van der Waals surface area (Å²) in [4.78, 5) is 0.190. The van der Waals surface area contributed by atoms with E-state index in [1.165, 1.54) is 20.3 Å². The predicted octanol–water partition coefficient (Wildman–Crippen LogP) is 4.02. The van der Waals surface area contributed by atoms with Gasteiger partial charge in [0.05, 0.1) is 24.7 Å². The van der Waals surface area contributed by atoms with E-state index in [1.807, 2.05) is 12.1 Å². The Kier molecular flexibility index (Phi) is 5.19. The number of hydrogen-bond donors (Lipinski definition) is 1. The molecular weight excluding hydrogens is 374 g/mol. The molecule has 0 amide bonds. The Hall–Kier alpha value is -1.76. The average Bonchev–Trinajstić information content (AvgIpc) is 2.58. The minimum atomic E-state index is -3.74. The Morgan fingerprint density at radius 2 is 1.62 bits per heavy atom. The molecule has 0 aromatic heterocycles. The summed E-state index contributed by atoms with van der Waals surface area (Å²) in [5.74, 6) is 0.882. The maximum atomic E-state index is 13.1. The molecule has 0 radical (unpaired) electrons. The van der Waals surface area contributed by atoms with Gasteiger partial charge in [0, 0.05) is 11.1 Å². The molecule has 26 heavy (non-hydrogen) atoms. The van der Waals surface area contributed by atoms with Gasteiger partial charge in [-0.25, -0.2) is 13.1 Å². The molecule has 1 saturated carbocycles. The number of halogens is 1. The number of ether oxygens (including phenoxy) is 2. The first-order valence-corrected chi connectivity index (χ1v) is 10.2. The molecule has 0 spiro atoms. The van der Waals surface area contributed by atoms with Crippen molar-refractivity contribution in [3.8, 4) is 11.5 Å². The SMILES string of the molecule is COc1cc(C)c(S(=O)(=O)NC2(c3ccc(Cl)cc3)CCC2)cc1OC. The van der Waals surface area contributed by atoms with Crippen LogP contribution in [0.5, 0.6) is 11.5 Å². The molecule has 140 valence electrons. The Morgan fingerprint density at radius 1 is 1.04 bits per heavy atom. The van der Waals surface area contributed by atoms with Crippen LogP contribution < -0.4 is 14.2 Å². The first kappa shape index (κ1) is 19.0. The van der Waals surface area contributed by atoms with Gasteiger partial charge < -0.3 is 9.47 Å². The van der Waals surface area contributed by atoms with Crippen LogP contribution in [0.25, 0.3) is 0 Å². The molecule has 0 saturated heterocycles. The lowest BCUT2D eigenvalue weighted by atomic mass is 9.73. The summed E-state index contributed by atoms with van der Waals surface area (Å²) in [5.41, 5.74) is 0.929. The molecule has 2 aromatic carbocycles. The van der Waals surface area contributed by atoms with Gasteiger partial charge in [0.2, 0.25) is 10.0 Å². The Balaban J connectivity index is 1.99. The van der Waals surface area contributed by atoms with Crippen molar-refractivity contribution in [1.29, 1.82) is 0 Å². The lowest BCUT2D eigenvalue weighted by Crippen LogP contribution is -2.50. The number of hydrogen-bond acceptors (Lipinski definition) is 4. The molecule has 5 nitrogen and oxygen atoms in total. The number of rotatable bonds is 6. The van der Waals surface area contributed by atoms with Crippen LogP contribution in [0, 0.1) is 6.92 Å². The summed E-state index contributed by atoms with van der Waals surface area (Å²) in [6.07, 6.45) is 2.47. The maximum absolute atomic E-state index is 13.1. The fourth-order valence-electron chi connectivity index (χ4n) is 3.31. The molecule has 0 bridgehead atoms. The number of sulfonamides is 1. The second kappa shape index (κ2) is 7.10. The van der Waals surface area contributed by atoms with Crippen LogP contribution in [0.3, 0.4) is 0 Å². The highest BCUT2D eigenvalue weighted by Gasteiger charge is 2.42. The van der Waals surface area contributed by atoms with Crippen LogP contribution in [0.15, 0.2) is 41.3 Å². The van der Waals surface area contributed by atoms with Crippen molar-refractivity contribution in [3.05, 3.63) is 52.5 Å². The van der Waals surface area contributed by atoms with Gasteiger partial charge in [0.15, 0.2) is 11.5 Å². The Morgan fingerprint density at radius 3 is 2.12 bits per heavy atom. The molecular formula is C19H22ClNO4S. The number of benzene rings is 2. The minimum Gasteiger partial charge on any atom is -0.493 e. The van der Waals surface area contributed by atoms with Crippen LogP contribution in [0.1, 0.15) is 30.4 Å². The summed E-state index contributed by atoms with van der Waals surface area (Å²) >= 11 is 5.97. The van der Waals surface area contributed by atoms with Gasteiger partial charge in [-0.1, -0.05) is 23.7 Å².